The Morgan fingerprint density at radius 1 is 1.20 bits per heavy atom. The van der Waals surface area contributed by atoms with Crippen molar-refractivity contribution in [2.75, 3.05) is 18.4 Å². The normalized spacial score (nSPS) is 15.4. The third-order valence-electron chi connectivity index (χ3n) is 4.70. The van der Waals surface area contributed by atoms with Gasteiger partial charge in [0.05, 0.1) is 0 Å². The summed E-state index contributed by atoms with van der Waals surface area (Å²) in [5.74, 6) is 0.707. The number of nitrogens with one attached hydrogen (secondary N) is 1. The molecular formula is C21H27N3O. The predicted octanol–water partition coefficient (Wildman–Crippen LogP) is 4.00. The van der Waals surface area contributed by atoms with Crippen LogP contribution < -0.4 is 5.32 Å². The standard InChI is InChI=1S/C21H27N3O/c1-16(2)23-19-8-11-22-20(15-19)21(25)24-12-9-18(10-13-24)14-17-6-4-3-5-7-17/h3-8,11,15-16,18H,9-10,12-14H2,1-2H3,(H,22,23). The van der Waals surface area contributed by atoms with Crippen LogP contribution >= 0.6 is 0 Å². The third kappa shape index (κ3) is 4.81. The number of hydrogen-bond acceptors (Lipinski definition) is 3. The van der Waals surface area contributed by atoms with Gasteiger partial charge in [-0.25, -0.2) is 0 Å². The molecule has 0 bridgehead atoms. The summed E-state index contributed by atoms with van der Waals surface area (Å²) >= 11 is 0. The highest BCUT2D eigenvalue weighted by atomic mass is 16.2. The van der Waals surface area contributed by atoms with Gasteiger partial charge in [0.1, 0.15) is 5.69 Å². The molecule has 1 aliphatic rings. The Bertz CT molecular complexity index is 691. The van der Waals surface area contributed by atoms with Crippen LogP contribution in [-0.4, -0.2) is 34.9 Å². The molecule has 1 amide bonds. The number of benzene rings is 1. The average molecular weight is 337 g/mol. The van der Waals surface area contributed by atoms with Gasteiger partial charge >= 0.3 is 0 Å². The molecule has 1 aromatic carbocycles. The molecule has 0 atom stereocenters. The van der Waals surface area contributed by atoms with Crippen molar-refractivity contribution in [3.63, 3.8) is 0 Å². The SMILES string of the molecule is CC(C)Nc1ccnc(C(=O)N2CCC(Cc3ccccc3)CC2)c1. The maximum Gasteiger partial charge on any atom is 0.272 e. The maximum atomic E-state index is 12.7. The van der Waals surface area contributed by atoms with E-state index in [4.69, 9.17) is 0 Å². The van der Waals surface area contributed by atoms with E-state index in [9.17, 15) is 4.79 Å². The summed E-state index contributed by atoms with van der Waals surface area (Å²) in [6, 6.07) is 14.7. The molecule has 25 heavy (non-hydrogen) atoms. The topological polar surface area (TPSA) is 45.2 Å². The Hall–Kier alpha value is -2.36. The average Bonchev–Trinajstić information content (AvgIpc) is 2.62. The lowest BCUT2D eigenvalue weighted by Crippen LogP contribution is -2.39. The van der Waals surface area contributed by atoms with Crippen LogP contribution in [0, 0.1) is 5.92 Å². The van der Waals surface area contributed by atoms with Crippen molar-refractivity contribution in [3.8, 4) is 0 Å². The molecule has 3 rings (SSSR count). The molecule has 132 valence electrons. The quantitative estimate of drug-likeness (QED) is 0.897. The van der Waals surface area contributed by atoms with Crippen molar-refractivity contribution in [1.29, 1.82) is 0 Å². The van der Waals surface area contributed by atoms with E-state index in [1.54, 1.807) is 6.20 Å². The zero-order valence-electron chi connectivity index (χ0n) is 15.1. The first-order valence-corrected chi connectivity index (χ1v) is 9.17. The van der Waals surface area contributed by atoms with Crippen LogP contribution in [0.5, 0.6) is 0 Å². The fraction of sp³-hybridized carbons (Fsp3) is 0.429. The van der Waals surface area contributed by atoms with Crippen molar-refractivity contribution >= 4 is 11.6 Å². The van der Waals surface area contributed by atoms with Crippen LogP contribution in [0.25, 0.3) is 0 Å². The molecule has 2 heterocycles. The zero-order chi connectivity index (χ0) is 17.6. The van der Waals surface area contributed by atoms with E-state index in [2.05, 4.69) is 54.5 Å². The molecule has 1 saturated heterocycles. The molecule has 1 N–H and O–H groups in total. The van der Waals surface area contributed by atoms with E-state index < -0.39 is 0 Å². The number of rotatable bonds is 5. The molecular weight excluding hydrogens is 310 g/mol. The highest BCUT2D eigenvalue weighted by molar-refractivity contribution is 5.93. The van der Waals surface area contributed by atoms with Crippen LogP contribution in [0.4, 0.5) is 5.69 Å². The summed E-state index contributed by atoms with van der Waals surface area (Å²) in [5.41, 5.74) is 2.88. The summed E-state index contributed by atoms with van der Waals surface area (Å²) < 4.78 is 0. The van der Waals surface area contributed by atoms with Crippen LogP contribution in [0.2, 0.25) is 0 Å². The summed E-state index contributed by atoms with van der Waals surface area (Å²) in [5, 5.41) is 3.33. The molecule has 1 aliphatic heterocycles. The van der Waals surface area contributed by atoms with Crippen LogP contribution in [0.1, 0.15) is 42.7 Å². The number of carbonyl (C=O) groups is 1. The third-order valence-corrected chi connectivity index (χ3v) is 4.70. The highest BCUT2D eigenvalue weighted by Gasteiger charge is 2.24. The first-order chi connectivity index (χ1) is 12.1. The monoisotopic (exact) mass is 337 g/mol. The van der Waals surface area contributed by atoms with Crippen molar-refractivity contribution in [1.82, 2.24) is 9.88 Å². The van der Waals surface area contributed by atoms with E-state index in [1.165, 1.54) is 5.56 Å². The zero-order valence-corrected chi connectivity index (χ0v) is 15.1. The van der Waals surface area contributed by atoms with Gasteiger partial charge in [-0.15, -0.1) is 0 Å². The molecule has 4 heteroatoms. The minimum atomic E-state index is 0.0468. The smallest absolute Gasteiger partial charge is 0.272 e. The predicted molar refractivity (Wildman–Crippen MR) is 102 cm³/mol. The van der Waals surface area contributed by atoms with Gasteiger partial charge < -0.3 is 10.2 Å². The van der Waals surface area contributed by atoms with Gasteiger partial charge in [0.15, 0.2) is 0 Å². The molecule has 1 fully saturated rings. The molecule has 0 spiro atoms. The lowest BCUT2D eigenvalue weighted by Gasteiger charge is -2.32. The number of hydrogen-bond donors (Lipinski definition) is 1. The number of nitrogens with zero attached hydrogens (tertiary/aromatic N) is 2. The Labute approximate surface area is 150 Å². The minimum absolute atomic E-state index is 0.0468. The second kappa shape index (κ2) is 8.15. The maximum absolute atomic E-state index is 12.7. The second-order valence-electron chi connectivity index (χ2n) is 7.15. The van der Waals surface area contributed by atoms with E-state index in [-0.39, 0.29) is 5.91 Å². The molecule has 0 saturated carbocycles. The first-order valence-electron chi connectivity index (χ1n) is 9.17. The Morgan fingerprint density at radius 3 is 2.60 bits per heavy atom. The summed E-state index contributed by atoms with van der Waals surface area (Å²) in [6.45, 7) is 5.80. The number of aromatic nitrogens is 1. The molecule has 4 nitrogen and oxygen atoms in total. The molecule has 2 aromatic rings. The minimum Gasteiger partial charge on any atom is -0.383 e. The van der Waals surface area contributed by atoms with E-state index in [0.717, 1.165) is 38.0 Å². The fourth-order valence-corrected chi connectivity index (χ4v) is 3.42. The van der Waals surface area contributed by atoms with Gasteiger partial charge in [-0.2, -0.15) is 0 Å². The van der Waals surface area contributed by atoms with Crippen molar-refractivity contribution in [3.05, 3.63) is 59.9 Å². The van der Waals surface area contributed by atoms with Crippen molar-refractivity contribution in [2.45, 2.75) is 39.2 Å². The molecule has 0 radical (unpaired) electrons. The summed E-state index contributed by atoms with van der Waals surface area (Å²) in [7, 11) is 0. The lowest BCUT2D eigenvalue weighted by atomic mass is 9.90. The van der Waals surface area contributed by atoms with Gasteiger partial charge in [0, 0.05) is 31.0 Å². The summed E-state index contributed by atoms with van der Waals surface area (Å²) in [6.07, 6.45) is 4.93. The summed E-state index contributed by atoms with van der Waals surface area (Å²) in [4.78, 5) is 19.0. The first kappa shape index (κ1) is 17.5. The number of piperidine rings is 1. The Kier molecular flexibility index (Phi) is 5.69. The van der Waals surface area contributed by atoms with Crippen LogP contribution in [-0.2, 0) is 6.42 Å². The van der Waals surface area contributed by atoms with Gasteiger partial charge in [0.25, 0.3) is 5.91 Å². The molecule has 1 aromatic heterocycles. The van der Waals surface area contributed by atoms with Crippen LogP contribution in [0.3, 0.4) is 0 Å². The lowest BCUT2D eigenvalue weighted by molar-refractivity contribution is 0.0684. The van der Waals surface area contributed by atoms with Gasteiger partial charge in [0.2, 0.25) is 0 Å². The second-order valence-corrected chi connectivity index (χ2v) is 7.15. The molecule has 0 aliphatic carbocycles. The van der Waals surface area contributed by atoms with E-state index >= 15 is 0 Å². The Morgan fingerprint density at radius 2 is 1.92 bits per heavy atom. The van der Waals surface area contributed by atoms with E-state index in [1.807, 2.05) is 17.0 Å². The number of amides is 1. The van der Waals surface area contributed by atoms with Gasteiger partial charge in [-0.05, 0) is 56.7 Å². The van der Waals surface area contributed by atoms with Gasteiger partial charge in [-0.1, -0.05) is 30.3 Å². The Balaban J connectivity index is 1.56. The number of anilines is 1. The van der Waals surface area contributed by atoms with Crippen molar-refractivity contribution < 1.29 is 4.79 Å². The van der Waals surface area contributed by atoms with E-state index in [0.29, 0.717) is 17.7 Å². The van der Waals surface area contributed by atoms with Crippen LogP contribution in [0.15, 0.2) is 48.7 Å². The fourth-order valence-electron chi connectivity index (χ4n) is 3.42. The largest absolute Gasteiger partial charge is 0.383 e. The molecule has 0 unspecified atom stereocenters. The van der Waals surface area contributed by atoms with Crippen molar-refractivity contribution in [2.24, 2.45) is 5.92 Å². The van der Waals surface area contributed by atoms with Gasteiger partial charge in [-0.3, -0.25) is 9.78 Å². The number of pyridine rings is 1. The number of carbonyl (C=O) groups excluding carboxylic acids is 1. The number of likely N-dealkylation sites (tertiary alicyclic amines) is 1. The highest BCUT2D eigenvalue weighted by Crippen LogP contribution is 2.23.